The minimum Gasteiger partial charge on any atom is -0.478 e. The van der Waals surface area contributed by atoms with Crippen LogP contribution in [0.5, 0.6) is 0 Å². The lowest BCUT2D eigenvalue weighted by Gasteiger charge is -2.28. The number of hydrogen-bond acceptors (Lipinski definition) is 3. The number of rotatable bonds is 2. The van der Waals surface area contributed by atoms with Crippen molar-refractivity contribution in [2.75, 3.05) is 18.6 Å². The summed E-state index contributed by atoms with van der Waals surface area (Å²) in [5, 5.41) is 10.8. The van der Waals surface area contributed by atoms with Crippen LogP contribution in [0.3, 0.4) is 0 Å². The van der Waals surface area contributed by atoms with Crippen LogP contribution in [0.15, 0.2) is 29.8 Å². The first-order valence-corrected chi connectivity index (χ1v) is 4.70. The van der Waals surface area contributed by atoms with Gasteiger partial charge in [-0.05, 0) is 17.7 Å². The van der Waals surface area contributed by atoms with Crippen molar-refractivity contribution in [2.45, 2.75) is 0 Å². The molecule has 1 aliphatic heterocycles. The summed E-state index contributed by atoms with van der Waals surface area (Å²) in [6.07, 6.45) is 1.71. The molecule has 0 unspecified atom stereocenters. The molecule has 78 valence electrons. The minimum atomic E-state index is -0.871. The van der Waals surface area contributed by atoms with Gasteiger partial charge in [-0.25, -0.2) is 10.2 Å². The standard InChI is InChI=1S/C11H12N2O2/c1-12-13-7-9(11(14)15)6-8-4-2-3-5-10(8)13/h2-6,12H,7H2,1H3,(H,14,15). The van der Waals surface area contributed by atoms with E-state index in [9.17, 15) is 4.79 Å². The first-order valence-electron chi connectivity index (χ1n) is 4.70. The van der Waals surface area contributed by atoms with Crippen molar-refractivity contribution in [3.05, 3.63) is 35.4 Å². The molecule has 4 nitrogen and oxygen atoms in total. The minimum absolute atomic E-state index is 0.378. The molecule has 0 spiro atoms. The van der Waals surface area contributed by atoms with Gasteiger partial charge in [0.25, 0.3) is 0 Å². The Morgan fingerprint density at radius 3 is 2.87 bits per heavy atom. The average Bonchev–Trinajstić information content (AvgIpc) is 2.27. The van der Waals surface area contributed by atoms with Crippen LogP contribution < -0.4 is 10.4 Å². The number of carbonyl (C=O) groups is 1. The summed E-state index contributed by atoms with van der Waals surface area (Å²) in [6.45, 7) is 0.378. The Kier molecular flexibility index (Phi) is 2.43. The number of nitrogens with one attached hydrogen (secondary N) is 1. The molecule has 0 bridgehead atoms. The molecule has 4 heteroatoms. The molecule has 0 fully saturated rings. The summed E-state index contributed by atoms with van der Waals surface area (Å²) in [5.41, 5.74) is 5.30. The van der Waals surface area contributed by atoms with E-state index in [1.807, 2.05) is 29.3 Å². The third kappa shape index (κ3) is 1.71. The van der Waals surface area contributed by atoms with Gasteiger partial charge in [0.1, 0.15) is 0 Å². The van der Waals surface area contributed by atoms with E-state index < -0.39 is 5.97 Å². The lowest BCUT2D eigenvalue weighted by Crippen LogP contribution is -2.39. The summed E-state index contributed by atoms with van der Waals surface area (Å²) in [7, 11) is 1.78. The summed E-state index contributed by atoms with van der Waals surface area (Å²) < 4.78 is 0. The molecule has 0 saturated heterocycles. The smallest absolute Gasteiger partial charge is 0.333 e. The average molecular weight is 204 g/mol. The first-order chi connectivity index (χ1) is 7.22. The number of benzene rings is 1. The second-order valence-electron chi connectivity index (χ2n) is 3.34. The quantitative estimate of drug-likeness (QED) is 0.757. The van der Waals surface area contributed by atoms with Gasteiger partial charge in [0.2, 0.25) is 0 Å². The summed E-state index contributed by atoms with van der Waals surface area (Å²) in [5.74, 6) is -0.871. The second-order valence-corrected chi connectivity index (χ2v) is 3.34. The molecule has 1 aromatic carbocycles. The van der Waals surface area contributed by atoms with Crippen molar-refractivity contribution < 1.29 is 9.90 Å². The molecule has 0 aromatic heterocycles. The van der Waals surface area contributed by atoms with Crippen molar-refractivity contribution in [1.82, 2.24) is 5.43 Å². The highest BCUT2D eigenvalue weighted by molar-refractivity contribution is 5.96. The van der Waals surface area contributed by atoms with Crippen LogP contribution in [-0.2, 0) is 4.79 Å². The van der Waals surface area contributed by atoms with Crippen LogP contribution in [0.4, 0.5) is 5.69 Å². The van der Waals surface area contributed by atoms with Gasteiger partial charge in [-0.3, -0.25) is 0 Å². The number of aliphatic carboxylic acids is 1. The van der Waals surface area contributed by atoms with E-state index in [0.29, 0.717) is 12.1 Å². The molecule has 0 aliphatic carbocycles. The van der Waals surface area contributed by atoms with Gasteiger partial charge in [0, 0.05) is 7.05 Å². The van der Waals surface area contributed by atoms with Crippen LogP contribution in [0.2, 0.25) is 0 Å². The van der Waals surface area contributed by atoms with Gasteiger partial charge in [-0.15, -0.1) is 0 Å². The largest absolute Gasteiger partial charge is 0.478 e. The van der Waals surface area contributed by atoms with E-state index in [4.69, 9.17) is 5.11 Å². The lowest BCUT2D eigenvalue weighted by molar-refractivity contribution is -0.132. The zero-order chi connectivity index (χ0) is 10.8. The zero-order valence-electron chi connectivity index (χ0n) is 8.40. The molecule has 2 rings (SSSR count). The summed E-state index contributed by atoms with van der Waals surface area (Å²) >= 11 is 0. The number of carboxylic acids is 1. The number of anilines is 1. The second kappa shape index (κ2) is 3.74. The Morgan fingerprint density at radius 1 is 1.47 bits per heavy atom. The van der Waals surface area contributed by atoms with E-state index in [0.717, 1.165) is 11.3 Å². The van der Waals surface area contributed by atoms with E-state index in [2.05, 4.69) is 5.43 Å². The molecular weight excluding hydrogens is 192 g/mol. The van der Waals surface area contributed by atoms with Crippen molar-refractivity contribution in [2.24, 2.45) is 0 Å². The van der Waals surface area contributed by atoms with Crippen molar-refractivity contribution in [3.8, 4) is 0 Å². The molecule has 1 heterocycles. The fourth-order valence-electron chi connectivity index (χ4n) is 1.67. The Balaban J connectivity index is 2.48. The van der Waals surface area contributed by atoms with Crippen molar-refractivity contribution in [3.63, 3.8) is 0 Å². The number of carboxylic acid groups (broad SMARTS) is 1. The number of hydrogen-bond donors (Lipinski definition) is 2. The van der Waals surface area contributed by atoms with Crippen LogP contribution in [0.25, 0.3) is 6.08 Å². The SMILES string of the molecule is CNN1CC(C(=O)O)=Cc2ccccc21. The van der Waals surface area contributed by atoms with E-state index in [1.54, 1.807) is 13.1 Å². The third-order valence-corrected chi connectivity index (χ3v) is 2.43. The fraction of sp³-hybridized carbons (Fsp3) is 0.182. The maximum absolute atomic E-state index is 10.9. The molecule has 0 radical (unpaired) electrons. The molecule has 1 aromatic rings. The van der Waals surface area contributed by atoms with Crippen LogP contribution in [0.1, 0.15) is 5.56 Å². The van der Waals surface area contributed by atoms with E-state index in [1.165, 1.54) is 0 Å². The predicted molar refractivity (Wildman–Crippen MR) is 58.5 cm³/mol. The molecule has 0 amide bonds. The molecular formula is C11H12N2O2. The number of fused-ring (bicyclic) bond motifs is 1. The van der Waals surface area contributed by atoms with E-state index >= 15 is 0 Å². The maximum Gasteiger partial charge on any atom is 0.333 e. The molecule has 1 aliphatic rings. The summed E-state index contributed by atoms with van der Waals surface area (Å²) in [4.78, 5) is 10.9. The van der Waals surface area contributed by atoms with Gasteiger partial charge < -0.3 is 10.1 Å². The Hall–Kier alpha value is -1.81. The number of nitrogens with zero attached hydrogens (tertiary/aromatic N) is 1. The normalized spacial score (nSPS) is 14.5. The van der Waals surface area contributed by atoms with Gasteiger partial charge in [0.15, 0.2) is 0 Å². The van der Waals surface area contributed by atoms with Crippen molar-refractivity contribution in [1.29, 1.82) is 0 Å². The van der Waals surface area contributed by atoms with Gasteiger partial charge in [0.05, 0.1) is 17.8 Å². The van der Waals surface area contributed by atoms with Gasteiger partial charge in [-0.1, -0.05) is 18.2 Å². The topological polar surface area (TPSA) is 52.6 Å². The number of para-hydroxylation sites is 1. The van der Waals surface area contributed by atoms with Gasteiger partial charge >= 0.3 is 5.97 Å². The Morgan fingerprint density at radius 2 is 2.20 bits per heavy atom. The Bertz CT molecular complexity index is 426. The highest BCUT2D eigenvalue weighted by atomic mass is 16.4. The zero-order valence-corrected chi connectivity index (χ0v) is 8.40. The third-order valence-electron chi connectivity index (χ3n) is 2.43. The van der Waals surface area contributed by atoms with Crippen LogP contribution in [0, 0.1) is 0 Å². The monoisotopic (exact) mass is 204 g/mol. The van der Waals surface area contributed by atoms with Crippen LogP contribution >= 0.6 is 0 Å². The highest BCUT2D eigenvalue weighted by Crippen LogP contribution is 2.26. The van der Waals surface area contributed by atoms with Gasteiger partial charge in [-0.2, -0.15) is 0 Å². The number of hydrazine groups is 1. The molecule has 0 atom stereocenters. The van der Waals surface area contributed by atoms with Crippen molar-refractivity contribution >= 4 is 17.7 Å². The van der Waals surface area contributed by atoms with E-state index in [-0.39, 0.29) is 0 Å². The molecule has 2 N–H and O–H groups in total. The first kappa shape index (κ1) is 9.73. The highest BCUT2D eigenvalue weighted by Gasteiger charge is 2.19. The fourth-order valence-corrected chi connectivity index (χ4v) is 1.67. The summed E-state index contributed by atoms with van der Waals surface area (Å²) in [6, 6.07) is 7.69. The lowest BCUT2D eigenvalue weighted by atomic mass is 10.0. The predicted octanol–water partition coefficient (Wildman–Crippen LogP) is 1.11. The molecule has 0 saturated carbocycles. The molecule has 15 heavy (non-hydrogen) atoms. The van der Waals surface area contributed by atoms with Crippen LogP contribution in [-0.4, -0.2) is 24.7 Å². The maximum atomic E-state index is 10.9. The Labute approximate surface area is 87.8 Å².